The summed E-state index contributed by atoms with van der Waals surface area (Å²) in [5.74, 6) is 3.70. The molecule has 0 spiro atoms. The van der Waals surface area contributed by atoms with Crippen LogP contribution >= 0.6 is 0 Å². The van der Waals surface area contributed by atoms with Crippen LogP contribution < -0.4 is 14.8 Å². The summed E-state index contributed by atoms with van der Waals surface area (Å²) in [4.78, 5) is 20.8. The number of benzene rings is 2. The van der Waals surface area contributed by atoms with Crippen LogP contribution in [0.3, 0.4) is 0 Å². The standard InChI is InChI=1S/C29H32N3O5.CH3.Al.H/c1-3-28(33)30-12-13-34-14-15-35-16-17-36-29-11-9-24(19-31-29)22-5-7-23(8-6-22)26-20-37-27-10-4-21(2)18-25(27)32-26;;;/h4-11,18-19H,1,3,12-17,20H2,2H3,(H,30,33);1H3;;. The number of carbonyl (C=O) groups is 1. The van der Waals surface area contributed by atoms with Crippen LogP contribution in [0.4, 0.5) is 5.69 Å². The van der Waals surface area contributed by atoms with Gasteiger partial charge in [0.05, 0.1) is 32.1 Å². The molecule has 2 aromatic carbocycles. The Labute approximate surface area is 236 Å². The van der Waals surface area contributed by atoms with Gasteiger partial charge >= 0.3 is 0 Å². The highest BCUT2D eigenvalue weighted by molar-refractivity contribution is 6.33. The Bertz CT molecular complexity index is 1230. The number of aliphatic imine (C=N–C) groups is 1. The molecule has 3 aromatic rings. The van der Waals surface area contributed by atoms with Gasteiger partial charge in [-0.2, -0.15) is 0 Å². The van der Waals surface area contributed by atoms with Crippen LogP contribution in [0.25, 0.3) is 11.1 Å². The number of carbonyl (C=O) groups excluding carboxylic acids is 1. The molecule has 0 radical (unpaired) electrons. The fourth-order valence-corrected chi connectivity index (χ4v) is 4.69. The lowest BCUT2D eigenvalue weighted by atomic mass is 10.0. The number of hydrogen-bond acceptors (Lipinski definition) is 7. The van der Waals surface area contributed by atoms with Crippen molar-refractivity contribution in [1.82, 2.24) is 10.3 Å². The maximum Gasteiger partial charge on any atom is 0.234 e. The third-order valence-electron chi connectivity index (χ3n) is 6.20. The van der Waals surface area contributed by atoms with Gasteiger partial charge in [-0.25, -0.2) is 9.98 Å². The van der Waals surface area contributed by atoms with Crippen molar-refractivity contribution in [3.8, 4) is 22.8 Å². The molecule has 0 aliphatic carbocycles. The molecule has 1 aliphatic rings. The Balaban J connectivity index is 1.13. The van der Waals surface area contributed by atoms with E-state index in [1.54, 1.807) is 0 Å². The Kier molecular flexibility index (Phi) is 11.4. The first-order valence-corrected chi connectivity index (χ1v) is 16.0. The minimum atomic E-state index is -0.0474. The number of amides is 1. The molecule has 1 N–H and O–H groups in total. The number of rotatable bonds is 15. The molecule has 1 aromatic heterocycles. The largest absolute Gasteiger partial charge is 0.485 e. The van der Waals surface area contributed by atoms with E-state index in [9.17, 15) is 4.79 Å². The van der Waals surface area contributed by atoms with Crippen molar-refractivity contribution in [2.75, 3.05) is 46.2 Å². The van der Waals surface area contributed by atoms with Crippen LogP contribution in [0, 0.1) is 6.92 Å². The van der Waals surface area contributed by atoms with Crippen molar-refractivity contribution in [2.45, 2.75) is 24.4 Å². The van der Waals surface area contributed by atoms with Gasteiger partial charge in [-0.1, -0.05) is 35.6 Å². The third kappa shape index (κ3) is 9.19. The van der Waals surface area contributed by atoms with Gasteiger partial charge in [0.2, 0.25) is 27.0 Å². The van der Waals surface area contributed by atoms with E-state index >= 15 is 0 Å². The van der Waals surface area contributed by atoms with Gasteiger partial charge in [-0.05, 0) is 41.8 Å². The normalized spacial score (nSPS) is 12.2. The van der Waals surface area contributed by atoms with Crippen molar-refractivity contribution >= 4 is 32.5 Å². The van der Waals surface area contributed by atoms with E-state index in [1.807, 2.05) is 36.5 Å². The van der Waals surface area contributed by atoms with Crippen LogP contribution in [0.1, 0.15) is 17.5 Å². The van der Waals surface area contributed by atoms with Crippen LogP contribution in [-0.2, 0) is 14.3 Å². The van der Waals surface area contributed by atoms with Gasteiger partial charge in [0.15, 0.2) is 0 Å². The van der Waals surface area contributed by atoms with Crippen LogP contribution in [-0.4, -0.2) is 78.0 Å². The number of hydrogen-bond donors (Lipinski definition) is 1. The van der Waals surface area contributed by atoms with Crippen LogP contribution in [0.5, 0.6) is 11.6 Å². The van der Waals surface area contributed by atoms with E-state index in [0.717, 1.165) is 44.7 Å². The number of nitrogens with zero attached hydrogens (tertiary/aromatic N) is 2. The minimum absolute atomic E-state index is 0.0474. The smallest absolute Gasteiger partial charge is 0.234 e. The number of pyridine rings is 1. The molecule has 39 heavy (non-hydrogen) atoms. The fraction of sp³-hybridized carbons (Fsp3) is 0.367. The number of fused-ring (bicyclic) bond motifs is 1. The summed E-state index contributed by atoms with van der Waals surface area (Å²) in [7, 11) is 0. The second-order valence-electron chi connectivity index (χ2n) is 9.31. The molecule has 0 fully saturated rings. The molecule has 4 rings (SSSR count). The molecule has 0 bridgehead atoms. The highest BCUT2D eigenvalue weighted by Gasteiger charge is 2.15. The minimum Gasteiger partial charge on any atom is -0.485 e. The van der Waals surface area contributed by atoms with Gasteiger partial charge in [-0.15, -0.1) is 5.79 Å². The molecule has 0 atom stereocenters. The zero-order chi connectivity index (χ0) is 27.3. The number of nitrogens with one attached hydrogen (secondary N) is 1. The van der Waals surface area contributed by atoms with Crippen molar-refractivity contribution in [2.24, 2.45) is 4.99 Å². The topological polar surface area (TPSA) is 91.3 Å². The SMILES string of the molecule is [CH3][AlH][CH2]CC(=O)NCCOCCOCCOc1ccc(-c2ccc(C3=Nc4cc(C)ccc4OC3)cc2)cn1. The second-order valence-corrected chi connectivity index (χ2v) is 11.0. The summed E-state index contributed by atoms with van der Waals surface area (Å²) in [6, 6.07) is 18.2. The lowest BCUT2D eigenvalue weighted by Gasteiger charge is -2.17. The predicted molar refractivity (Wildman–Crippen MR) is 155 cm³/mol. The second kappa shape index (κ2) is 15.4. The Morgan fingerprint density at radius 3 is 2.46 bits per heavy atom. The Morgan fingerprint density at radius 1 is 0.949 bits per heavy atom. The van der Waals surface area contributed by atoms with Gasteiger partial charge in [0, 0.05) is 30.8 Å². The molecule has 204 valence electrons. The quantitative estimate of drug-likeness (QED) is 0.225. The molecule has 0 unspecified atom stereocenters. The molecule has 2 heterocycles. The van der Waals surface area contributed by atoms with E-state index in [1.165, 1.54) is 0 Å². The Morgan fingerprint density at radius 2 is 1.69 bits per heavy atom. The van der Waals surface area contributed by atoms with E-state index in [4.69, 9.17) is 23.9 Å². The highest BCUT2D eigenvalue weighted by Crippen LogP contribution is 2.32. The average molecular weight is 546 g/mol. The van der Waals surface area contributed by atoms with Gasteiger partial charge in [-0.3, -0.25) is 4.79 Å². The lowest BCUT2D eigenvalue weighted by Crippen LogP contribution is -2.27. The maximum absolute atomic E-state index is 11.5. The molecule has 8 nitrogen and oxygen atoms in total. The van der Waals surface area contributed by atoms with Crippen molar-refractivity contribution in [3.63, 3.8) is 0 Å². The van der Waals surface area contributed by atoms with E-state index in [-0.39, 0.29) is 21.1 Å². The monoisotopic (exact) mass is 545 g/mol. The van der Waals surface area contributed by atoms with Crippen LogP contribution in [0.2, 0.25) is 11.1 Å². The zero-order valence-electron chi connectivity index (χ0n) is 22.8. The molecular formula is C30H36AlN3O5. The third-order valence-corrected chi connectivity index (χ3v) is 7.26. The highest BCUT2D eigenvalue weighted by atomic mass is 27.1. The maximum atomic E-state index is 11.5. The molecule has 1 aliphatic heterocycles. The van der Waals surface area contributed by atoms with Gasteiger partial charge in [0.25, 0.3) is 0 Å². The Hall–Kier alpha value is -3.22. The predicted octanol–water partition coefficient (Wildman–Crippen LogP) is 4.39. The number of ether oxygens (including phenoxy) is 4. The lowest BCUT2D eigenvalue weighted by molar-refractivity contribution is -0.121. The zero-order valence-corrected chi connectivity index (χ0v) is 24.2. The number of aryl methyl sites for hydroxylation is 1. The van der Waals surface area contributed by atoms with Crippen LogP contribution in [0.15, 0.2) is 65.8 Å². The van der Waals surface area contributed by atoms with Crippen molar-refractivity contribution < 1.29 is 23.7 Å². The van der Waals surface area contributed by atoms with E-state index in [2.05, 4.69) is 47.3 Å². The van der Waals surface area contributed by atoms with E-state index in [0.29, 0.717) is 58.5 Å². The molecular weight excluding hydrogens is 509 g/mol. The molecule has 1 amide bonds. The molecule has 0 saturated heterocycles. The fourth-order valence-electron chi connectivity index (χ4n) is 4.02. The molecule has 0 saturated carbocycles. The summed E-state index contributed by atoms with van der Waals surface area (Å²) in [5.41, 5.74) is 6.07. The first-order chi connectivity index (χ1) is 19.1. The number of aromatic nitrogens is 1. The van der Waals surface area contributed by atoms with Crippen molar-refractivity contribution in [1.29, 1.82) is 0 Å². The summed E-state index contributed by atoms with van der Waals surface area (Å²) in [6.07, 6.45) is 2.45. The first-order valence-electron chi connectivity index (χ1n) is 13.5. The summed E-state index contributed by atoms with van der Waals surface area (Å²) >= 11 is -0.0474. The van der Waals surface area contributed by atoms with Crippen molar-refractivity contribution in [3.05, 3.63) is 71.9 Å². The summed E-state index contributed by atoms with van der Waals surface area (Å²) < 4.78 is 22.6. The van der Waals surface area contributed by atoms with Gasteiger partial charge < -0.3 is 24.3 Å². The summed E-state index contributed by atoms with van der Waals surface area (Å²) in [5, 5.41) is 3.92. The van der Waals surface area contributed by atoms with Gasteiger partial charge in [0.1, 0.15) is 24.7 Å². The average Bonchev–Trinajstić information content (AvgIpc) is 2.97. The van der Waals surface area contributed by atoms with E-state index < -0.39 is 0 Å². The summed E-state index contributed by atoms with van der Waals surface area (Å²) in [6.45, 7) is 5.36. The first kappa shape index (κ1) is 28.8. The molecule has 9 heteroatoms.